The largest absolute Gasteiger partial charge is 0.482 e. The van der Waals surface area contributed by atoms with Crippen molar-refractivity contribution in [1.29, 1.82) is 0 Å². The summed E-state index contributed by atoms with van der Waals surface area (Å²) in [6, 6.07) is 4.96. The number of fused-ring (bicyclic) bond motifs is 1. The van der Waals surface area contributed by atoms with E-state index in [9.17, 15) is 37.7 Å². The first-order valence-electron chi connectivity index (χ1n) is 8.59. The normalized spacial score (nSPS) is 12.6. The van der Waals surface area contributed by atoms with Gasteiger partial charge in [-0.3, -0.25) is 29.4 Å². The third-order valence-electron chi connectivity index (χ3n) is 4.15. The van der Waals surface area contributed by atoms with Crippen molar-refractivity contribution in [3.63, 3.8) is 0 Å². The van der Waals surface area contributed by atoms with Crippen molar-refractivity contribution in [3.8, 4) is 5.75 Å². The lowest BCUT2D eigenvalue weighted by Crippen LogP contribution is -2.46. The predicted molar refractivity (Wildman–Crippen MR) is 98.9 cm³/mol. The molecule has 13 heteroatoms. The molecule has 3 amide bonds. The average molecular weight is 438 g/mol. The first kappa shape index (κ1) is 21.5. The summed E-state index contributed by atoms with van der Waals surface area (Å²) < 4.78 is 44.9. The van der Waals surface area contributed by atoms with Crippen LogP contribution in [0.5, 0.6) is 5.75 Å². The highest BCUT2D eigenvalue weighted by Gasteiger charge is 2.29. The Morgan fingerprint density at radius 3 is 2.58 bits per heavy atom. The smallest absolute Gasteiger partial charge is 0.271 e. The molecule has 0 bridgehead atoms. The van der Waals surface area contributed by atoms with Crippen LogP contribution in [0.1, 0.15) is 0 Å². The monoisotopic (exact) mass is 438 g/mol. The number of carbonyl (C=O) groups is 3. The third-order valence-corrected chi connectivity index (χ3v) is 4.15. The van der Waals surface area contributed by atoms with Crippen LogP contribution in [0.2, 0.25) is 0 Å². The van der Waals surface area contributed by atoms with Crippen LogP contribution in [0.25, 0.3) is 0 Å². The number of ether oxygens (including phenoxy) is 1. The van der Waals surface area contributed by atoms with Gasteiger partial charge in [-0.2, -0.15) is 0 Å². The van der Waals surface area contributed by atoms with Crippen LogP contribution in [-0.2, 0) is 14.4 Å². The lowest BCUT2D eigenvalue weighted by atomic mass is 10.2. The van der Waals surface area contributed by atoms with Crippen molar-refractivity contribution in [2.24, 2.45) is 0 Å². The standard InChI is InChI=1S/C18H13F3N4O6/c19-10-2-3-11(18(21)17(10)20)23-14(26)6-22-15(27)7-24-12-5-9(25(29)30)1-4-13(12)31-8-16(24)28/h1-5H,6-8H2,(H,22,27)(H,23,26). The number of carbonyl (C=O) groups excluding carboxylic acids is 3. The number of hydrogen-bond acceptors (Lipinski definition) is 6. The number of nitrogens with zero attached hydrogens (tertiary/aromatic N) is 2. The fourth-order valence-electron chi connectivity index (χ4n) is 2.67. The molecular weight excluding hydrogens is 425 g/mol. The fourth-order valence-corrected chi connectivity index (χ4v) is 2.67. The van der Waals surface area contributed by atoms with Gasteiger partial charge in [-0.1, -0.05) is 0 Å². The number of anilines is 2. The lowest BCUT2D eigenvalue weighted by Gasteiger charge is -2.28. The summed E-state index contributed by atoms with van der Waals surface area (Å²) in [5.74, 6) is -7.03. The Morgan fingerprint density at radius 1 is 1.13 bits per heavy atom. The van der Waals surface area contributed by atoms with E-state index in [0.717, 1.165) is 17.0 Å². The highest BCUT2D eigenvalue weighted by molar-refractivity contribution is 6.03. The summed E-state index contributed by atoms with van der Waals surface area (Å²) in [7, 11) is 0. The van der Waals surface area contributed by atoms with Gasteiger partial charge in [0.25, 0.3) is 11.6 Å². The maximum absolute atomic E-state index is 13.6. The summed E-state index contributed by atoms with van der Waals surface area (Å²) >= 11 is 0. The lowest BCUT2D eigenvalue weighted by molar-refractivity contribution is -0.384. The summed E-state index contributed by atoms with van der Waals surface area (Å²) in [5, 5.41) is 15.1. The van der Waals surface area contributed by atoms with E-state index in [4.69, 9.17) is 4.74 Å². The molecule has 31 heavy (non-hydrogen) atoms. The highest BCUT2D eigenvalue weighted by Crippen LogP contribution is 2.35. The molecule has 0 fully saturated rings. The predicted octanol–water partition coefficient (Wildman–Crippen LogP) is 1.49. The van der Waals surface area contributed by atoms with Gasteiger partial charge < -0.3 is 15.4 Å². The van der Waals surface area contributed by atoms with Crippen molar-refractivity contribution >= 4 is 34.8 Å². The molecule has 0 unspecified atom stereocenters. The Bertz CT molecular complexity index is 1090. The zero-order chi connectivity index (χ0) is 22.7. The first-order chi connectivity index (χ1) is 14.7. The van der Waals surface area contributed by atoms with Crippen LogP contribution < -0.4 is 20.3 Å². The van der Waals surface area contributed by atoms with Crippen molar-refractivity contribution in [2.45, 2.75) is 0 Å². The van der Waals surface area contributed by atoms with Gasteiger partial charge in [0.15, 0.2) is 24.1 Å². The summed E-state index contributed by atoms with van der Waals surface area (Å²) in [6.07, 6.45) is 0. The molecule has 2 aromatic carbocycles. The molecule has 0 saturated carbocycles. The van der Waals surface area contributed by atoms with Gasteiger partial charge in [0.1, 0.15) is 12.3 Å². The number of rotatable bonds is 6. The Balaban J connectivity index is 1.63. The molecule has 0 aromatic heterocycles. The zero-order valence-corrected chi connectivity index (χ0v) is 15.5. The van der Waals surface area contributed by atoms with E-state index < -0.39 is 65.5 Å². The molecular formula is C18H13F3N4O6. The van der Waals surface area contributed by atoms with Crippen LogP contribution in [0.3, 0.4) is 0 Å². The molecule has 1 aliphatic rings. The SMILES string of the molecule is O=C(CN1C(=O)COc2ccc([N+](=O)[O-])cc21)NCC(=O)Nc1ccc(F)c(F)c1F. The van der Waals surface area contributed by atoms with Crippen LogP contribution in [0, 0.1) is 27.6 Å². The van der Waals surface area contributed by atoms with Crippen LogP contribution in [0.15, 0.2) is 30.3 Å². The van der Waals surface area contributed by atoms with Crippen molar-refractivity contribution in [1.82, 2.24) is 5.32 Å². The Hall–Kier alpha value is -4.16. The maximum atomic E-state index is 13.6. The number of halogens is 3. The molecule has 2 N–H and O–H groups in total. The van der Waals surface area contributed by atoms with Gasteiger partial charge in [-0.25, -0.2) is 13.2 Å². The molecule has 1 heterocycles. The second kappa shape index (κ2) is 8.69. The Kier molecular flexibility index (Phi) is 6.04. The van der Waals surface area contributed by atoms with Crippen molar-refractivity contribution in [3.05, 3.63) is 57.9 Å². The minimum atomic E-state index is -1.76. The number of amides is 3. The Morgan fingerprint density at radius 2 is 1.87 bits per heavy atom. The number of hydrogen-bond donors (Lipinski definition) is 2. The molecule has 0 aliphatic carbocycles. The summed E-state index contributed by atoms with van der Waals surface area (Å²) in [6.45, 7) is -1.64. The highest BCUT2D eigenvalue weighted by atomic mass is 19.2. The molecule has 3 rings (SSSR count). The zero-order valence-electron chi connectivity index (χ0n) is 15.5. The molecule has 0 radical (unpaired) electrons. The van der Waals surface area contributed by atoms with E-state index in [-0.39, 0.29) is 17.1 Å². The summed E-state index contributed by atoms with van der Waals surface area (Å²) in [5.41, 5.74) is -0.938. The average Bonchev–Trinajstić information content (AvgIpc) is 2.74. The van der Waals surface area contributed by atoms with Crippen molar-refractivity contribution in [2.75, 3.05) is 29.9 Å². The van der Waals surface area contributed by atoms with E-state index in [0.29, 0.717) is 6.07 Å². The maximum Gasteiger partial charge on any atom is 0.271 e. The van der Waals surface area contributed by atoms with E-state index in [1.165, 1.54) is 12.1 Å². The van der Waals surface area contributed by atoms with Crippen molar-refractivity contribution < 1.29 is 37.2 Å². The molecule has 162 valence electrons. The molecule has 10 nitrogen and oxygen atoms in total. The minimum Gasteiger partial charge on any atom is -0.482 e. The molecule has 0 spiro atoms. The number of nitro benzene ring substituents is 1. The van der Waals surface area contributed by atoms with Crippen LogP contribution in [-0.4, -0.2) is 42.3 Å². The second-order valence-electron chi connectivity index (χ2n) is 6.23. The molecule has 0 saturated heterocycles. The fraction of sp³-hybridized carbons (Fsp3) is 0.167. The van der Waals surface area contributed by atoms with Crippen LogP contribution >= 0.6 is 0 Å². The number of nitrogens with one attached hydrogen (secondary N) is 2. The molecule has 2 aromatic rings. The second-order valence-corrected chi connectivity index (χ2v) is 6.23. The van der Waals surface area contributed by atoms with Gasteiger partial charge >= 0.3 is 0 Å². The van der Waals surface area contributed by atoms with Gasteiger partial charge in [0, 0.05) is 12.1 Å². The number of nitro groups is 1. The third kappa shape index (κ3) is 4.71. The first-order valence-corrected chi connectivity index (χ1v) is 8.59. The quantitative estimate of drug-likeness (QED) is 0.399. The number of benzene rings is 2. The number of non-ortho nitro benzene ring substituents is 1. The van der Waals surface area contributed by atoms with E-state index in [1.54, 1.807) is 0 Å². The van der Waals surface area contributed by atoms with Gasteiger partial charge in [0.05, 0.1) is 22.8 Å². The van der Waals surface area contributed by atoms with E-state index >= 15 is 0 Å². The van der Waals surface area contributed by atoms with Gasteiger partial charge in [0.2, 0.25) is 11.8 Å². The van der Waals surface area contributed by atoms with Crippen LogP contribution in [0.4, 0.5) is 30.2 Å². The van der Waals surface area contributed by atoms with E-state index in [1.807, 2.05) is 5.32 Å². The molecule has 1 aliphatic heterocycles. The minimum absolute atomic E-state index is 0.00825. The van der Waals surface area contributed by atoms with E-state index in [2.05, 4.69) is 5.32 Å². The van der Waals surface area contributed by atoms with Gasteiger partial charge in [-0.15, -0.1) is 0 Å². The topological polar surface area (TPSA) is 131 Å². The van der Waals surface area contributed by atoms with Gasteiger partial charge in [-0.05, 0) is 18.2 Å². The Labute approximate surface area is 171 Å². The molecule has 0 atom stereocenters. The summed E-state index contributed by atoms with van der Waals surface area (Å²) in [4.78, 5) is 47.4.